The molecule has 0 radical (unpaired) electrons. The number of halogens is 1. The van der Waals surface area contributed by atoms with Gasteiger partial charge in [-0.3, -0.25) is 0 Å². The van der Waals surface area contributed by atoms with Crippen molar-refractivity contribution in [2.75, 3.05) is 0 Å². The Balaban J connectivity index is 1.51. The molecule has 0 spiro atoms. The van der Waals surface area contributed by atoms with Crippen molar-refractivity contribution in [1.82, 2.24) is 15.0 Å². The van der Waals surface area contributed by atoms with E-state index in [1.54, 1.807) is 36.5 Å². The Labute approximate surface area is 156 Å². The van der Waals surface area contributed by atoms with Gasteiger partial charge in [0.2, 0.25) is 5.75 Å². The molecule has 3 aromatic heterocycles. The molecule has 0 aliphatic heterocycles. The Bertz CT molecular complexity index is 1370. The van der Waals surface area contributed by atoms with Gasteiger partial charge in [0.15, 0.2) is 11.2 Å². The van der Waals surface area contributed by atoms with Gasteiger partial charge in [0.05, 0.1) is 12.5 Å². The van der Waals surface area contributed by atoms with Crippen LogP contribution >= 0.6 is 0 Å². The van der Waals surface area contributed by atoms with Crippen LogP contribution in [-0.4, -0.2) is 15.0 Å². The van der Waals surface area contributed by atoms with Crippen LogP contribution in [0.3, 0.4) is 0 Å². The Hall–Kier alpha value is -3.94. The summed E-state index contributed by atoms with van der Waals surface area (Å²) in [7, 11) is 0. The van der Waals surface area contributed by atoms with E-state index in [1.807, 2.05) is 6.07 Å². The molecule has 3 heterocycles. The smallest absolute Gasteiger partial charge is 0.336 e. The van der Waals surface area contributed by atoms with Crippen molar-refractivity contribution in [3.8, 4) is 11.4 Å². The molecule has 0 unspecified atom stereocenters. The van der Waals surface area contributed by atoms with Crippen molar-refractivity contribution in [1.29, 1.82) is 0 Å². The Morgan fingerprint density at radius 3 is 2.82 bits per heavy atom. The summed E-state index contributed by atoms with van der Waals surface area (Å²) >= 11 is 0. The molecule has 5 aromatic rings. The molecule has 28 heavy (non-hydrogen) atoms. The van der Waals surface area contributed by atoms with Crippen LogP contribution in [0, 0.1) is 5.82 Å². The average molecular weight is 377 g/mol. The van der Waals surface area contributed by atoms with Gasteiger partial charge in [-0.1, -0.05) is 17.3 Å². The molecule has 0 saturated carbocycles. The van der Waals surface area contributed by atoms with E-state index in [4.69, 9.17) is 13.6 Å². The van der Waals surface area contributed by atoms with Crippen LogP contribution in [0.25, 0.3) is 27.6 Å². The molecule has 0 bridgehead atoms. The summed E-state index contributed by atoms with van der Waals surface area (Å²) in [4.78, 5) is 11.7. The van der Waals surface area contributed by atoms with E-state index >= 15 is 0 Å². The zero-order valence-corrected chi connectivity index (χ0v) is 14.3. The molecule has 0 amide bonds. The van der Waals surface area contributed by atoms with Crippen molar-refractivity contribution in [3.05, 3.63) is 82.9 Å². The zero-order chi connectivity index (χ0) is 19.1. The molecule has 2 aromatic carbocycles. The Morgan fingerprint density at radius 2 is 1.93 bits per heavy atom. The van der Waals surface area contributed by atoms with Crippen molar-refractivity contribution in [2.45, 2.75) is 6.61 Å². The van der Waals surface area contributed by atoms with Crippen molar-refractivity contribution >= 4 is 21.9 Å². The highest BCUT2D eigenvalue weighted by molar-refractivity contribution is 5.99. The normalized spacial score (nSPS) is 11.3. The summed E-state index contributed by atoms with van der Waals surface area (Å²) in [5, 5.41) is 9.47. The second-order valence-corrected chi connectivity index (χ2v) is 6.11. The predicted molar refractivity (Wildman–Crippen MR) is 97.9 cm³/mol. The van der Waals surface area contributed by atoms with Crippen LogP contribution < -0.4 is 10.4 Å². The summed E-state index contributed by atoms with van der Waals surface area (Å²) in [6.45, 7) is 0.0297. The fourth-order valence-electron chi connectivity index (χ4n) is 3.00. The molecule has 0 aliphatic rings. The molecule has 7 nitrogen and oxygen atoms in total. The highest BCUT2D eigenvalue weighted by Gasteiger charge is 2.16. The maximum atomic E-state index is 13.9. The zero-order valence-electron chi connectivity index (χ0n) is 14.3. The molecule has 0 saturated heterocycles. The summed E-state index contributed by atoms with van der Waals surface area (Å²) in [6.07, 6.45) is 3.10. The topological polar surface area (TPSA) is 83.3 Å². The minimum absolute atomic E-state index is 0.0297. The fourth-order valence-corrected chi connectivity index (χ4v) is 3.00. The molecule has 5 rings (SSSR count). The van der Waals surface area contributed by atoms with E-state index < -0.39 is 11.4 Å². The van der Waals surface area contributed by atoms with Gasteiger partial charge in [-0.05, 0) is 30.3 Å². The lowest BCUT2D eigenvalue weighted by Gasteiger charge is -2.07. The molecule has 0 aliphatic carbocycles. The summed E-state index contributed by atoms with van der Waals surface area (Å²) < 4.78 is 31.9. The number of rotatable bonds is 4. The van der Waals surface area contributed by atoms with Crippen LogP contribution in [0.4, 0.5) is 4.39 Å². The third-order valence-electron chi connectivity index (χ3n) is 4.29. The fraction of sp³-hybridized carbons (Fsp3) is 0.0500. The number of aromatic nitrogens is 3. The SMILES string of the molecule is O=c1ccc2cc3ccoc3c(OCc3cn(-c4ccccc4F)nn3)c2o1. The summed E-state index contributed by atoms with van der Waals surface area (Å²) in [5.74, 6) is -0.108. The minimum atomic E-state index is -0.492. The summed E-state index contributed by atoms with van der Waals surface area (Å²) in [5.41, 5.74) is 1.01. The van der Waals surface area contributed by atoms with Crippen LogP contribution in [0.15, 0.2) is 74.6 Å². The number of furan rings is 1. The minimum Gasteiger partial charge on any atom is -0.480 e. The van der Waals surface area contributed by atoms with Crippen molar-refractivity contribution < 1.29 is 18.0 Å². The van der Waals surface area contributed by atoms with E-state index in [0.29, 0.717) is 22.4 Å². The van der Waals surface area contributed by atoms with Gasteiger partial charge in [-0.2, -0.15) is 0 Å². The molecule has 0 fully saturated rings. The van der Waals surface area contributed by atoms with Crippen molar-refractivity contribution in [2.24, 2.45) is 0 Å². The van der Waals surface area contributed by atoms with Gasteiger partial charge in [0, 0.05) is 16.8 Å². The van der Waals surface area contributed by atoms with Gasteiger partial charge >= 0.3 is 5.63 Å². The highest BCUT2D eigenvalue weighted by Crippen LogP contribution is 2.35. The van der Waals surface area contributed by atoms with Crippen LogP contribution in [0.2, 0.25) is 0 Å². The van der Waals surface area contributed by atoms with Gasteiger partial charge < -0.3 is 13.6 Å². The standard InChI is InChI=1S/C20H12FN3O4/c21-15-3-1-2-4-16(15)24-10-14(22-23-24)11-27-20-18-13(7-8-26-18)9-12-5-6-17(25)28-19(12)20/h1-10H,11H2. The van der Waals surface area contributed by atoms with Crippen LogP contribution in [0.5, 0.6) is 5.75 Å². The summed E-state index contributed by atoms with van der Waals surface area (Å²) in [6, 6.07) is 12.9. The predicted octanol–water partition coefficient (Wildman–Crippen LogP) is 3.84. The lowest BCUT2D eigenvalue weighted by atomic mass is 10.1. The van der Waals surface area contributed by atoms with Gasteiger partial charge in [-0.15, -0.1) is 5.10 Å². The first kappa shape index (κ1) is 16.2. The molecule has 0 N–H and O–H groups in total. The highest BCUT2D eigenvalue weighted by atomic mass is 19.1. The quantitative estimate of drug-likeness (QED) is 0.443. The Kier molecular flexibility index (Phi) is 3.68. The Morgan fingerprint density at radius 1 is 1.07 bits per heavy atom. The third kappa shape index (κ3) is 2.71. The first-order valence-electron chi connectivity index (χ1n) is 8.42. The molecule has 138 valence electrons. The van der Waals surface area contributed by atoms with E-state index in [2.05, 4.69) is 10.3 Å². The number of ether oxygens (including phenoxy) is 1. The lowest BCUT2D eigenvalue weighted by Crippen LogP contribution is -2.00. The first-order valence-corrected chi connectivity index (χ1v) is 8.42. The molecule has 0 atom stereocenters. The maximum Gasteiger partial charge on any atom is 0.336 e. The van der Waals surface area contributed by atoms with E-state index in [-0.39, 0.29) is 17.9 Å². The number of para-hydroxylation sites is 1. The van der Waals surface area contributed by atoms with Crippen molar-refractivity contribution in [3.63, 3.8) is 0 Å². The second-order valence-electron chi connectivity index (χ2n) is 6.11. The van der Waals surface area contributed by atoms with Gasteiger partial charge in [-0.25, -0.2) is 13.9 Å². The molecular formula is C20H12FN3O4. The number of fused-ring (bicyclic) bond motifs is 2. The molecule has 8 heteroatoms. The number of nitrogens with zero attached hydrogens (tertiary/aromatic N) is 3. The maximum absolute atomic E-state index is 13.9. The van der Waals surface area contributed by atoms with Crippen LogP contribution in [-0.2, 0) is 6.61 Å². The van der Waals surface area contributed by atoms with E-state index in [0.717, 1.165) is 5.39 Å². The number of benzene rings is 2. The number of hydrogen-bond acceptors (Lipinski definition) is 6. The molecular weight excluding hydrogens is 365 g/mol. The lowest BCUT2D eigenvalue weighted by molar-refractivity contribution is 0.298. The monoisotopic (exact) mass is 377 g/mol. The average Bonchev–Trinajstić information content (AvgIpc) is 3.35. The van der Waals surface area contributed by atoms with Crippen LogP contribution in [0.1, 0.15) is 5.69 Å². The van der Waals surface area contributed by atoms with E-state index in [1.165, 1.54) is 23.1 Å². The number of hydrogen-bond donors (Lipinski definition) is 0. The van der Waals surface area contributed by atoms with Gasteiger partial charge in [0.1, 0.15) is 23.8 Å². The van der Waals surface area contributed by atoms with E-state index in [9.17, 15) is 9.18 Å². The third-order valence-corrected chi connectivity index (χ3v) is 4.29. The second kappa shape index (κ2) is 6.34. The first-order chi connectivity index (χ1) is 13.7. The largest absolute Gasteiger partial charge is 0.480 e. The van der Waals surface area contributed by atoms with Gasteiger partial charge in [0.25, 0.3) is 0 Å².